The second-order valence-corrected chi connectivity index (χ2v) is 7.16. The van der Waals surface area contributed by atoms with Crippen LogP contribution in [0.15, 0.2) is 24.3 Å². The highest BCUT2D eigenvalue weighted by Crippen LogP contribution is 2.59. The van der Waals surface area contributed by atoms with Gasteiger partial charge >= 0.3 is 0 Å². The van der Waals surface area contributed by atoms with Gasteiger partial charge in [-0.3, -0.25) is 4.90 Å². The summed E-state index contributed by atoms with van der Waals surface area (Å²) in [6.45, 7) is 2.73. The van der Waals surface area contributed by atoms with E-state index in [0.717, 1.165) is 5.92 Å². The molecule has 2 aliphatic carbocycles. The molecule has 2 saturated heterocycles. The Balaban J connectivity index is 1.86. The summed E-state index contributed by atoms with van der Waals surface area (Å²) in [6, 6.07) is 10.4. The van der Waals surface area contributed by atoms with Crippen LogP contribution in [0.2, 0.25) is 0 Å². The summed E-state index contributed by atoms with van der Waals surface area (Å²) in [5.41, 5.74) is 3.57. The van der Waals surface area contributed by atoms with Crippen molar-refractivity contribution in [2.75, 3.05) is 13.7 Å². The third kappa shape index (κ3) is 1.42. The molecule has 0 spiro atoms. The molecule has 20 heavy (non-hydrogen) atoms. The molecular formula is C18H25NO. The predicted molar refractivity (Wildman–Crippen MR) is 80.8 cm³/mol. The zero-order valence-corrected chi connectivity index (χ0v) is 12.5. The number of aliphatic hydroxyl groups is 1. The van der Waals surface area contributed by atoms with Crippen LogP contribution < -0.4 is 0 Å². The molecule has 4 unspecified atom stereocenters. The number of likely N-dealkylation sites (N-methyl/N-ethyl adjacent to an activating group) is 1. The lowest BCUT2D eigenvalue weighted by Crippen LogP contribution is -2.68. The Morgan fingerprint density at radius 3 is 2.85 bits per heavy atom. The van der Waals surface area contributed by atoms with E-state index in [1.165, 1.54) is 25.7 Å². The van der Waals surface area contributed by atoms with Gasteiger partial charge in [-0.25, -0.2) is 0 Å². The lowest BCUT2D eigenvalue weighted by Gasteiger charge is -2.65. The minimum Gasteiger partial charge on any atom is -0.396 e. The Kier molecular flexibility index (Phi) is 2.77. The van der Waals surface area contributed by atoms with E-state index in [1.54, 1.807) is 11.1 Å². The summed E-state index contributed by atoms with van der Waals surface area (Å²) in [6.07, 6.45) is 4.91. The molecule has 1 saturated carbocycles. The van der Waals surface area contributed by atoms with Gasteiger partial charge in [0.05, 0.1) is 0 Å². The van der Waals surface area contributed by atoms with E-state index in [4.69, 9.17) is 0 Å². The van der Waals surface area contributed by atoms with Crippen LogP contribution in [-0.2, 0) is 11.8 Å². The van der Waals surface area contributed by atoms with Crippen molar-refractivity contribution < 1.29 is 5.11 Å². The monoisotopic (exact) mass is 271 g/mol. The summed E-state index contributed by atoms with van der Waals surface area (Å²) in [4.78, 5) is 2.60. The first-order valence-corrected chi connectivity index (χ1v) is 8.12. The van der Waals surface area contributed by atoms with Gasteiger partial charge in [-0.1, -0.05) is 31.2 Å². The van der Waals surface area contributed by atoms with Gasteiger partial charge in [0.15, 0.2) is 0 Å². The maximum absolute atomic E-state index is 9.72. The van der Waals surface area contributed by atoms with Crippen LogP contribution in [0.5, 0.6) is 0 Å². The first-order valence-electron chi connectivity index (χ1n) is 8.12. The van der Waals surface area contributed by atoms with E-state index < -0.39 is 0 Å². The van der Waals surface area contributed by atoms with E-state index >= 15 is 0 Å². The maximum Gasteiger partial charge on any atom is 0.0474 e. The van der Waals surface area contributed by atoms with Crippen LogP contribution in [0.3, 0.4) is 0 Å². The highest BCUT2D eigenvalue weighted by atomic mass is 16.3. The first-order chi connectivity index (χ1) is 9.71. The van der Waals surface area contributed by atoms with Gasteiger partial charge in [0.1, 0.15) is 0 Å². The topological polar surface area (TPSA) is 23.5 Å². The molecule has 4 aliphatic rings. The van der Waals surface area contributed by atoms with Crippen molar-refractivity contribution in [2.45, 2.75) is 50.1 Å². The van der Waals surface area contributed by atoms with Gasteiger partial charge in [0, 0.05) is 24.1 Å². The Labute approximate surface area is 121 Å². The van der Waals surface area contributed by atoms with Crippen molar-refractivity contribution >= 4 is 0 Å². The molecule has 2 aliphatic heterocycles. The van der Waals surface area contributed by atoms with E-state index in [0.29, 0.717) is 30.0 Å². The highest BCUT2D eigenvalue weighted by molar-refractivity contribution is 5.42. The Morgan fingerprint density at radius 1 is 1.30 bits per heavy atom. The van der Waals surface area contributed by atoms with E-state index in [-0.39, 0.29) is 0 Å². The molecule has 2 heterocycles. The minimum absolute atomic E-state index is 0.361. The van der Waals surface area contributed by atoms with Gasteiger partial charge in [0.25, 0.3) is 0 Å². The Morgan fingerprint density at radius 2 is 2.10 bits per heavy atom. The molecule has 1 aromatic carbocycles. The number of piperidine rings is 2. The van der Waals surface area contributed by atoms with Crippen LogP contribution in [0, 0.1) is 11.8 Å². The molecule has 0 amide bonds. The molecule has 2 heteroatoms. The SMILES string of the molecule is CC[C@@]12CC3C(CO)CC1C(Cc1ccccc12)N3C. The van der Waals surface area contributed by atoms with Crippen molar-refractivity contribution in [3.8, 4) is 0 Å². The van der Waals surface area contributed by atoms with Crippen LogP contribution in [0.1, 0.15) is 37.3 Å². The molecule has 1 N–H and O–H groups in total. The van der Waals surface area contributed by atoms with Crippen LogP contribution in [-0.4, -0.2) is 35.7 Å². The third-order valence-electron chi connectivity index (χ3n) is 6.74. The number of fused-ring (bicyclic) bond motifs is 2. The quantitative estimate of drug-likeness (QED) is 0.893. The van der Waals surface area contributed by atoms with Gasteiger partial charge in [-0.15, -0.1) is 0 Å². The second kappa shape index (κ2) is 4.32. The fourth-order valence-electron chi connectivity index (χ4n) is 5.73. The normalized spacial score (nSPS) is 42.5. The fraction of sp³-hybridized carbons (Fsp3) is 0.667. The first kappa shape index (κ1) is 12.8. The zero-order chi connectivity index (χ0) is 13.9. The van der Waals surface area contributed by atoms with Crippen molar-refractivity contribution in [1.82, 2.24) is 4.90 Å². The number of aliphatic hydroxyl groups excluding tert-OH is 1. The summed E-state index contributed by atoms with van der Waals surface area (Å²) < 4.78 is 0. The fourth-order valence-corrected chi connectivity index (χ4v) is 5.73. The molecule has 5 rings (SSSR count). The molecule has 2 nitrogen and oxygen atoms in total. The lowest BCUT2D eigenvalue weighted by molar-refractivity contribution is -0.106. The standard InChI is InChI=1S/C18H25NO/c1-3-18-10-17-13(11-20)8-15(18)16(19(17)2)9-12-6-4-5-7-14(12)18/h4-7,13,15-17,20H,3,8-11H2,1-2H3/t13?,15?,16?,17?,18-/m0/s1. The third-order valence-corrected chi connectivity index (χ3v) is 6.74. The van der Waals surface area contributed by atoms with Crippen molar-refractivity contribution in [3.63, 3.8) is 0 Å². The van der Waals surface area contributed by atoms with Crippen LogP contribution in [0.25, 0.3) is 0 Å². The van der Waals surface area contributed by atoms with Crippen molar-refractivity contribution in [1.29, 1.82) is 0 Å². The van der Waals surface area contributed by atoms with Crippen LogP contribution in [0.4, 0.5) is 0 Å². The molecule has 3 fully saturated rings. The molecule has 4 bridgehead atoms. The highest BCUT2D eigenvalue weighted by Gasteiger charge is 2.59. The number of hydrogen-bond acceptors (Lipinski definition) is 2. The summed E-state index contributed by atoms with van der Waals surface area (Å²) >= 11 is 0. The maximum atomic E-state index is 9.72. The molecule has 5 atom stereocenters. The van der Waals surface area contributed by atoms with Crippen LogP contribution >= 0.6 is 0 Å². The molecule has 108 valence electrons. The van der Waals surface area contributed by atoms with Crippen molar-refractivity contribution in [2.24, 2.45) is 11.8 Å². The predicted octanol–water partition coefficient (Wildman–Crippen LogP) is 2.59. The average Bonchev–Trinajstić information content (AvgIpc) is 2.50. The lowest BCUT2D eigenvalue weighted by atomic mass is 9.48. The van der Waals surface area contributed by atoms with E-state index in [1.807, 2.05) is 0 Å². The Hall–Kier alpha value is -0.860. The molecular weight excluding hydrogens is 246 g/mol. The number of hydrogen-bond donors (Lipinski definition) is 1. The number of benzene rings is 1. The van der Waals surface area contributed by atoms with Gasteiger partial charge in [0.2, 0.25) is 0 Å². The largest absolute Gasteiger partial charge is 0.396 e. The second-order valence-electron chi connectivity index (χ2n) is 7.16. The molecule has 0 radical (unpaired) electrons. The molecule has 0 aromatic heterocycles. The van der Waals surface area contributed by atoms with E-state index in [9.17, 15) is 5.11 Å². The number of rotatable bonds is 2. The molecule has 1 aromatic rings. The number of nitrogens with zero attached hydrogens (tertiary/aromatic N) is 1. The zero-order valence-electron chi connectivity index (χ0n) is 12.5. The van der Waals surface area contributed by atoms with Gasteiger partial charge < -0.3 is 5.11 Å². The van der Waals surface area contributed by atoms with E-state index in [2.05, 4.69) is 43.1 Å². The Bertz CT molecular complexity index is 528. The smallest absolute Gasteiger partial charge is 0.0474 e. The van der Waals surface area contributed by atoms with Gasteiger partial charge in [-0.05, 0) is 55.7 Å². The van der Waals surface area contributed by atoms with Crippen molar-refractivity contribution in [3.05, 3.63) is 35.4 Å². The summed E-state index contributed by atoms with van der Waals surface area (Å²) in [5, 5.41) is 9.72. The summed E-state index contributed by atoms with van der Waals surface area (Å²) in [7, 11) is 2.29. The van der Waals surface area contributed by atoms with Gasteiger partial charge in [-0.2, -0.15) is 0 Å². The summed E-state index contributed by atoms with van der Waals surface area (Å²) in [5.74, 6) is 1.22. The average molecular weight is 271 g/mol. The minimum atomic E-state index is 0.361.